The third kappa shape index (κ3) is 1.42. The van der Waals surface area contributed by atoms with Gasteiger partial charge in [-0.2, -0.15) is 0 Å². The van der Waals surface area contributed by atoms with E-state index in [2.05, 4.69) is 4.98 Å². The predicted octanol–water partition coefficient (Wildman–Crippen LogP) is 1.98. The normalized spacial score (nSPS) is 10.3. The van der Waals surface area contributed by atoms with Gasteiger partial charge in [-0.15, -0.1) is 11.3 Å². The summed E-state index contributed by atoms with van der Waals surface area (Å²) in [6, 6.07) is 0. The van der Waals surface area contributed by atoms with Crippen LogP contribution in [0.1, 0.15) is 23.6 Å². The molecule has 0 amide bonds. The lowest BCUT2D eigenvalue weighted by Gasteiger charge is -1.96. The second-order valence-electron chi connectivity index (χ2n) is 2.36. The minimum absolute atomic E-state index is 0.0613. The second kappa shape index (κ2) is 2.92. The molecule has 0 fully saturated rings. The molecule has 1 aromatic rings. The van der Waals surface area contributed by atoms with E-state index in [1.54, 1.807) is 6.20 Å². The Kier molecular flexibility index (Phi) is 2.17. The molecule has 3 heteroatoms. The van der Waals surface area contributed by atoms with Gasteiger partial charge in [-0.3, -0.25) is 4.79 Å². The van der Waals surface area contributed by atoms with E-state index in [0.29, 0.717) is 5.01 Å². The molecule has 10 heavy (non-hydrogen) atoms. The highest BCUT2D eigenvalue weighted by Crippen LogP contribution is 2.10. The van der Waals surface area contributed by atoms with Gasteiger partial charge in [0, 0.05) is 17.5 Å². The van der Waals surface area contributed by atoms with Crippen molar-refractivity contribution >= 4 is 17.1 Å². The number of nitrogens with zero attached hydrogens (tertiary/aromatic N) is 1. The minimum atomic E-state index is 0.0613. The quantitative estimate of drug-likeness (QED) is 0.611. The zero-order valence-corrected chi connectivity index (χ0v) is 6.81. The van der Waals surface area contributed by atoms with E-state index < -0.39 is 0 Å². The van der Waals surface area contributed by atoms with Crippen molar-refractivity contribution in [3.63, 3.8) is 0 Å². The van der Waals surface area contributed by atoms with Crippen molar-refractivity contribution in [1.29, 1.82) is 0 Å². The molecule has 1 rings (SSSR count). The Morgan fingerprint density at radius 2 is 2.40 bits per heavy atom. The summed E-state index contributed by atoms with van der Waals surface area (Å²) >= 11 is 1.40. The van der Waals surface area contributed by atoms with Crippen molar-refractivity contribution in [2.75, 3.05) is 0 Å². The van der Waals surface area contributed by atoms with Crippen molar-refractivity contribution in [3.05, 3.63) is 16.6 Å². The maximum absolute atomic E-state index is 11.2. The van der Waals surface area contributed by atoms with Crippen molar-refractivity contribution < 1.29 is 4.79 Å². The van der Waals surface area contributed by atoms with Gasteiger partial charge in [-0.1, -0.05) is 13.8 Å². The maximum Gasteiger partial charge on any atom is 0.193 e. The number of rotatable bonds is 2. The molecule has 0 aliphatic heterocycles. The highest BCUT2D eigenvalue weighted by Gasteiger charge is 2.11. The van der Waals surface area contributed by atoms with Gasteiger partial charge in [-0.25, -0.2) is 4.98 Å². The molecular weight excluding hydrogens is 146 g/mol. The summed E-state index contributed by atoms with van der Waals surface area (Å²) in [7, 11) is 0. The molecule has 0 bridgehead atoms. The molecule has 0 spiro atoms. The first-order valence-corrected chi connectivity index (χ1v) is 4.03. The Morgan fingerprint density at radius 1 is 1.70 bits per heavy atom. The van der Waals surface area contributed by atoms with Crippen LogP contribution in [0.15, 0.2) is 11.6 Å². The first-order valence-electron chi connectivity index (χ1n) is 3.15. The van der Waals surface area contributed by atoms with Gasteiger partial charge >= 0.3 is 0 Å². The van der Waals surface area contributed by atoms with Crippen molar-refractivity contribution in [1.82, 2.24) is 4.98 Å². The van der Waals surface area contributed by atoms with Crippen molar-refractivity contribution in [3.8, 4) is 0 Å². The van der Waals surface area contributed by atoms with E-state index in [1.807, 2.05) is 19.2 Å². The van der Waals surface area contributed by atoms with Crippen LogP contribution in [0.3, 0.4) is 0 Å². The average Bonchev–Trinajstić information content (AvgIpc) is 2.36. The summed E-state index contributed by atoms with van der Waals surface area (Å²) in [6.45, 7) is 3.76. The van der Waals surface area contributed by atoms with Crippen LogP contribution in [0.25, 0.3) is 0 Å². The van der Waals surface area contributed by atoms with E-state index in [9.17, 15) is 4.79 Å². The lowest BCUT2D eigenvalue weighted by Crippen LogP contribution is -2.06. The highest BCUT2D eigenvalue weighted by atomic mass is 32.1. The van der Waals surface area contributed by atoms with Crippen molar-refractivity contribution in [2.24, 2.45) is 5.92 Å². The molecule has 1 heterocycles. The molecule has 0 aliphatic rings. The SMILES string of the molecule is CC(C)C(=O)c1nccs1. The van der Waals surface area contributed by atoms with Crippen LogP contribution in [0.2, 0.25) is 0 Å². The van der Waals surface area contributed by atoms with Crippen LogP contribution in [-0.4, -0.2) is 10.8 Å². The van der Waals surface area contributed by atoms with Gasteiger partial charge < -0.3 is 0 Å². The van der Waals surface area contributed by atoms with E-state index in [-0.39, 0.29) is 11.7 Å². The third-order valence-electron chi connectivity index (χ3n) is 1.17. The number of ketones is 1. The topological polar surface area (TPSA) is 30.0 Å². The summed E-state index contributed by atoms with van der Waals surface area (Å²) in [6.07, 6.45) is 1.65. The fourth-order valence-corrected chi connectivity index (χ4v) is 1.32. The number of Topliss-reactive ketones (excluding diaryl/α,β-unsaturated/α-hetero) is 1. The largest absolute Gasteiger partial charge is 0.291 e. The van der Waals surface area contributed by atoms with Gasteiger partial charge in [-0.05, 0) is 0 Å². The van der Waals surface area contributed by atoms with Gasteiger partial charge in [0.1, 0.15) is 0 Å². The predicted molar refractivity (Wildman–Crippen MR) is 41.3 cm³/mol. The molecule has 0 saturated carbocycles. The standard InChI is InChI=1S/C7H9NOS/c1-5(2)6(9)7-8-3-4-10-7/h3-5H,1-2H3. The lowest BCUT2D eigenvalue weighted by atomic mass is 10.1. The molecule has 2 nitrogen and oxygen atoms in total. The van der Waals surface area contributed by atoms with E-state index >= 15 is 0 Å². The Labute approximate surface area is 63.9 Å². The smallest absolute Gasteiger partial charge is 0.193 e. The molecule has 0 N–H and O–H groups in total. The maximum atomic E-state index is 11.2. The third-order valence-corrected chi connectivity index (χ3v) is 1.96. The number of carbonyl (C=O) groups is 1. The lowest BCUT2D eigenvalue weighted by molar-refractivity contribution is 0.0939. The van der Waals surface area contributed by atoms with Crippen LogP contribution in [0.5, 0.6) is 0 Å². The summed E-state index contributed by atoms with van der Waals surface area (Å²) in [5.74, 6) is 0.196. The van der Waals surface area contributed by atoms with Crippen LogP contribution < -0.4 is 0 Å². The van der Waals surface area contributed by atoms with Gasteiger partial charge in [0.25, 0.3) is 0 Å². The Hall–Kier alpha value is -0.700. The molecule has 0 saturated heterocycles. The zero-order valence-electron chi connectivity index (χ0n) is 6.00. The number of hydrogen-bond acceptors (Lipinski definition) is 3. The van der Waals surface area contributed by atoms with E-state index in [0.717, 1.165) is 0 Å². The van der Waals surface area contributed by atoms with E-state index in [1.165, 1.54) is 11.3 Å². The second-order valence-corrected chi connectivity index (χ2v) is 3.25. The molecule has 0 aromatic carbocycles. The minimum Gasteiger partial charge on any atom is -0.291 e. The molecule has 0 atom stereocenters. The fraction of sp³-hybridized carbons (Fsp3) is 0.429. The molecule has 0 unspecified atom stereocenters. The highest BCUT2D eigenvalue weighted by molar-refractivity contribution is 7.11. The Morgan fingerprint density at radius 3 is 2.80 bits per heavy atom. The average molecular weight is 155 g/mol. The summed E-state index contributed by atoms with van der Waals surface area (Å²) in [4.78, 5) is 15.1. The molecule has 54 valence electrons. The number of aromatic nitrogens is 1. The van der Waals surface area contributed by atoms with E-state index in [4.69, 9.17) is 0 Å². The zero-order chi connectivity index (χ0) is 7.56. The molecular formula is C7H9NOS. The van der Waals surface area contributed by atoms with Gasteiger partial charge in [0.15, 0.2) is 10.8 Å². The number of carbonyl (C=O) groups excluding carboxylic acids is 1. The fourth-order valence-electron chi connectivity index (χ4n) is 0.592. The molecule has 0 radical (unpaired) electrons. The number of thiazole rings is 1. The van der Waals surface area contributed by atoms with Crippen molar-refractivity contribution in [2.45, 2.75) is 13.8 Å². The Balaban J connectivity index is 2.78. The molecule has 0 aliphatic carbocycles. The summed E-state index contributed by atoms with van der Waals surface area (Å²) < 4.78 is 0. The molecule has 1 aromatic heterocycles. The van der Waals surface area contributed by atoms with Crippen LogP contribution in [-0.2, 0) is 0 Å². The van der Waals surface area contributed by atoms with Crippen LogP contribution in [0, 0.1) is 5.92 Å². The van der Waals surface area contributed by atoms with Gasteiger partial charge in [0.2, 0.25) is 0 Å². The van der Waals surface area contributed by atoms with Crippen LogP contribution in [0.4, 0.5) is 0 Å². The summed E-state index contributed by atoms with van der Waals surface area (Å²) in [5.41, 5.74) is 0. The van der Waals surface area contributed by atoms with Gasteiger partial charge in [0.05, 0.1) is 0 Å². The monoisotopic (exact) mass is 155 g/mol. The first-order chi connectivity index (χ1) is 4.72. The first kappa shape index (κ1) is 7.41. The Bertz CT molecular complexity index is 216. The number of hydrogen-bond donors (Lipinski definition) is 0. The van der Waals surface area contributed by atoms with Crippen LogP contribution >= 0.6 is 11.3 Å². The summed E-state index contributed by atoms with van der Waals surface area (Å²) in [5, 5.41) is 2.44.